The minimum Gasteiger partial charge on any atom is -0.393 e. The molecule has 0 fully saturated rings. The molecule has 1 heterocycles. The summed E-state index contributed by atoms with van der Waals surface area (Å²) in [7, 11) is 0. The summed E-state index contributed by atoms with van der Waals surface area (Å²) in [4.78, 5) is 8.02. The Morgan fingerprint density at radius 1 is 0.885 bits per heavy atom. The maximum absolute atomic E-state index is 13.1. The van der Waals surface area contributed by atoms with E-state index in [2.05, 4.69) is 20.6 Å². The van der Waals surface area contributed by atoms with E-state index in [-0.39, 0.29) is 17.2 Å². The van der Waals surface area contributed by atoms with E-state index >= 15 is 0 Å². The van der Waals surface area contributed by atoms with Crippen molar-refractivity contribution in [2.24, 2.45) is 0 Å². The molecule has 3 rings (SSSR count). The molecule has 0 radical (unpaired) electrons. The second kappa shape index (κ2) is 6.91. The number of aryl methyl sites for hydroxylation is 1. The highest BCUT2D eigenvalue weighted by molar-refractivity contribution is 5.80. The zero-order chi connectivity index (χ0) is 18.7. The lowest BCUT2D eigenvalue weighted by molar-refractivity contribution is -0.136. The van der Waals surface area contributed by atoms with Crippen molar-refractivity contribution in [1.82, 2.24) is 9.97 Å². The summed E-state index contributed by atoms with van der Waals surface area (Å²) in [5.41, 5.74) is 7.07. The van der Waals surface area contributed by atoms with Gasteiger partial charge >= 0.3 is 6.18 Å². The highest BCUT2D eigenvalue weighted by Gasteiger charge is 2.33. The predicted molar refractivity (Wildman–Crippen MR) is 95.6 cm³/mol. The third-order valence-corrected chi connectivity index (χ3v) is 3.68. The van der Waals surface area contributed by atoms with Crippen LogP contribution in [0.4, 0.5) is 41.9 Å². The van der Waals surface area contributed by atoms with Crippen molar-refractivity contribution in [2.45, 2.75) is 13.1 Å². The van der Waals surface area contributed by atoms with Gasteiger partial charge in [0.25, 0.3) is 0 Å². The zero-order valence-corrected chi connectivity index (χ0v) is 13.8. The average Bonchev–Trinajstić information content (AvgIpc) is 2.60. The molecule has 0 amide bonds. The number of nitrogens with one attached hydrogen (secondary N) is 2. The lowest BCUT2D eigenvalue weighted by Gasteiger charge is -2.16. The lowest BCUT2D eigenvalue weighted by atomic mass is 10.1. The topological polar surface area (TPSA) is 75.9 Å². The van der Waals surface area contributed by atoms with Gasteiger partial charge in [0, 0.05) is 5.69 Å². The maximum Gasteiger partial charge on any atom is 0.418 e. The van der Waals surface area contributed by atoms with Crippen LogP contribution in [0.25, 0.3) is 0 Å². The van der Waals surface area contributed by atoms with Gasteiger partial charge in [-0.2, -0.15) is 13.2 Å². The molecular weight excluding hydrogens is 343 g/mol. The van der Waals surface area contributed by atoms with Crippen LogP contribution in [0, 0.1) is 6.92 Å². The Morgan fingerprint density at radius 2 is 1.50 bits per heavy atom. The Kier molecular flexibility index (Phi) is 4.66. The van der Waals surface area contributed by atoms with Crippen LogP contribution in [0.3, 0.4) is 0 Å². The van der Waals surface area contributed by atoms with Crippen LogP contribution >= 0.6 is 0 Å². The molecule has 0 unspecified atom stereocenters. The van der Waals surface area contributed by atoms with Crippen LogP contribution in [0.1, 0.15) is 11.1 Å². The molecule has 0 saturated carbocycles. The third kappa shape index (κ3) is 3.85. The van der Waals surface area contributed by atoms with E-state index in [1.807, 2.05) is 31.2 Å². The second-order valence-electron chi connectivity index (χ2n) is 5.64. The molecule has 0 atom stereocenters. The summed E-state index contributed by atoms with van der Waals surface area (Å²) in [5.74, 6) is 0.391. The summed E-state index contributed by atoms with van der Waals surface area (Å²) in [5, 5.41) is 5.68. The SMILES string of the molecule is Cc1ccc(Nc2ncnc(Nc3ccccc3C(F)(F)F)c2N)cc1. The minimum atomic E-state index is -4.49. The Labute approximate surface area is 148 Å². The summed E-state index contributed by atoms with van der Waals surface area (Å²) in [6.45, 7) is 1.96. The van der Waals surface area contributed by atoms with E-state index < -0.39 is 11.7 Å². The molecule has 0 aliphatic carbocycles. The molecule has 0 bridgehead atoms. The number of halogens is 3. The van der Waals surface area contributed by atoms with Crippen LogP contribution in [-0.4, -0.2) is 9.97 Å². The van der Waals surface area contributed by atoms with Crippen LogP contribution in [0.5, 0.6) is 0 Å². The first-order valence-electron chi connectivity index (χ1n) is 7.72. The number of rotatable bonds is 4. The van der Waals surface area contributed by atoms with Gasteiger partial charge in [-0.1, -0.05) is 29.8 Å². The van der Waals surface area contributed by atoms with E-state index in [0.717, 1.165) is 17.3 Å². The number of anilines is 5. The molecule has 3 aromatic rings. The molecule has 2 aromatic carbocycles. The van der Waals surface area contributed by atoms with E-state index in [0.29, 0.717) is 5.82 Å². The van der Waals surface area contributed by atoms with Gasteiger partial charge in [0.05, 0.1) is 11.3 Å². The van der Waals surface area contributed by atoms with Gasteiger partial charge < -0.3 is 16.4 Å². The van der Waals surface area contributed by atoms with Crippen molar-refractivity contribution < 1.29 is 13.2 Å². The van der Waals surface area contributed by atoms with Crippen LogP contribution in [0.2, 0.25) is 0 Å². The number of nitrogen functional groups attached to an aromatic ring is 1. The van der Waals surface area contributed by atoms with Crippen LogP contribution < -0.4 is 16.4 Å². The van der Waals surface area contributed by atoms with Crippen LogP contribution in [-0.2, 0) is 6.18 Å². The smallest absolute Gasteiger partial charge is 0.393 e. The van der Waals surface area contributed by atoms with Crippen LogP contribution in [0.15, 0.2) is 54.9 Å². The van der Waals surface area contributed by atoms with Gasteiger partial charge in [-0.3, -0.25) is 0 Å². The molecular formula is C18H16F3N5. The van der Waals surface area contributed by atoms with E-state index in [9.17, 15) is 13.2 Å². The first kappa shape index (κ1) is 17.5. The molecule has 4 N–H and O–H groups in total. The Hall–Kier alpha value is -3.29. The van der Waals surface area contributed by atoms with Gasteiger partial charge in [0.1, 0.15) is 12.0 Å². The Balaban J connectivity index is 1.90. The van der Waals surface area contributed by atoms with Gasteiger partial charge in [0.2, 0.25) is 0 Å². The number of para-hydroxylation sites is 1. The fraction of sp³-hybridized carbons (Fsp3) is 0.111. The molecule has 0 saturated heterocycles. The van der Waals surface area contributed by atoms with Crippen molar-refractivity contribution in [1.29, 1.82) is 0 Å². The molecule has 134 valence electrons. The number of benzene rings is 2. The normalized spacial score (nSPS) is 11.2. The van der Waals surface area contributed by atoms with Gasteiger partial charge in [0.15, 0.2) is 11.6 Å². The van der Waals surface area contributed by atoms with Crippen molar-refractivity contribution >= 4 is 28.7 Å². The lowest BCUT2D eigenvalue weighted by Crippen LogP contribution is -2.10. The molecule has 0 aliphatic rings. The number of nitrogens with zero attached hydrogens (tertiary/aromatic N) is 2. The molecule has 8 heteroatoms. The quantitative estimate of drug-likeness (QED) is 0.619. The van der Waals surface area contributed by atoms with Gasteiger partial charge in [-0.15, -0.1) is 0 Å². The fourth-order valence-electron chi connectivity index (χ4n) is 2.34. The average molecular weight is 359 g/mol. The third-order valence-electron chi connectivity index (χ3n) is 3.68. The molecule has 26 heavy (non-hydrogen) atoms. The minimum absolute atomic E-state index is 0.0892. The van der Waals surface area contributed by atoms with Gasteiger partial charge in [-0.05, 0) is 31.2 Å². The fourth-order valence-corrected chi connectivity index (χ4v) is 2.34. The zero-order valence-electron chi connectivity index (χ0n) is 13.8. The van der Waals surface area contributed by atoms with E-state index in [4.69, 9.17) is 5.73 Å². The van der Waals surface area contributed by atoms with Gasteiger partial charge in [-0.25, -0.2) is 9.97 Å². The molecule has 0 spiro atoms. The first-order chi connectivity index (χ1) is 12.3. The predicted octanol–water partition coefficient (Wildman–Crippen LogP) is 4.87. The largest absolute Gasteiger partial charge is 0.418 e. The highest BCUT2D eigenvalue weighted by Crippen LogP contribution is 2.37. The summed E-state index contributed by atoms with van der Waals surface area (Å²) >= 11 is 0. The monoisotopic (exact) mass is 359 g/mol. The standard InChI is InChI=1S/C18H16F3N5/c1-11-6-8-12(9-7-11)25-16-15(22)17(24-10-23-16)26-14-5-3-2-4-13(14)18(19,20)21/h2-10H,22H2,1H3,(H2,23,24,25,26). The second-order valence-corrected chi connectivity index (χ2v) is 5.64. The Bertz CT molecular complexity index is 907. The van der Waals surface area contributed by atoms with Crippen molar-refractivity contribution in [3.63, 3.8) is 0 Å². The Morgan fingerprint density at radius 3 is 2.15 bits per heavy atom. The number of alkyl halides is 3. The first-order valence-corrected chi connectivity index (χ1v) is 7.72. The molecule has 0 aliphatic heterocycles. The number of nitrogens with two attached hydrogens (primary N) is 1. The van der Waals surface area contributed by atoms with Crippen molar-refractivity contribution in [2.75, 3.05) is 16.4 Å². The summed E-state index contributed by atoms with van der Waals surface area (Å²) < 4.78 is 39.4. The molecule has 5 nitrogen and oxygen atoms in total. The van der Waals surface area contributed by atoms with Crippen molar-refractivity contribution in [3.8, 4) is 0 Å². The van der Waals surface area contributed by atoms with E-state index in [1.54, 1.807) is 0 Å². The number of hydrogen-bond donors (Lipinski definition) is 3. The van der Waals surface area contributed by atoms with Crippen molar-refractivity contribution in [3.05, 3.63) is 66.0 Å². The summed E-state index contributed by atoms with van der Waals surface area (Å²) in [6, 6.07) is 12.7. The summed E-state index contributed by atoms with van der Waals surface area (Å²) in [6.07, 6.45) is -3.26. The number of aromatic nitrogens is 2. The highest BCUT2D eigenvalue weighted by atomic mass is 19.4. The number of hydrogen-bond acceptors (Lipinski definition) is 5. The maximum atomic E-state index is 13.1. The molecule has 1 aromatic heterocycles. The van der Waals surface area contributed by atoms with E-state index in [1.165, 1.54) is 24.5 Å².